The Morgan fingerprint density at radius 2 is 2.10 bits per heavy atom. The van der Waals surface area contributed by atoms with Crippen LogP contribution in [0.3, 0.4) is 0 Å². The smallest absolute Gasteiger partial charge is 0.152 e. The summed E-state index contributed by atoms with van der Waals surface area (Å²) in [6, 6.07) is 7.72. The van der Waals surface area contributed by atoms with E-state index in [-0.39, 0.29) is 0 Å². The molecule has 3 N–H and O–H groups in total. The first kappa shape index (κ1) is 13.8. The van der Waals surface area contributed by atoms with Crippen molar-refractivity contribution in [3.63, 3.8) is 0 Å². The first-order valence-electron chi connectivity index (χ1n) is 6.85. The van der Waals surface area contributed by atoms with Gasteiger partial charge in [-0.2, -0.15) is 0 Å². The van der Waals surface area contributed by atoms with Crippen LogP contribution in [0.25, 0.3) is 21.9 Å². The summed E-state index contributed by atoms with van der Waals surface area (Å²) in [5, 5.41) is 11.1. The van der Waals surface area contributed by atoms with Crippen molar-refractivity contribution in [1.82, 2.24) is 14.5 Å². The standard InChI is InChI=1S/C15H18N4O2/c1-9(20)19-12(7-8-21-2)18-13-14(19)10-5-3-4-6-11(10)17-15(13)16/h3-6,9,20H,7-8H2,1-2H3,(H2,16,17). The lowest BCUT2D eigenvalue weighted by Crippen LogP contribution is -2.10. The molecule has 2 heterocycles. The maximum absolute atomic E-state index is 10.2. The quantitative estimate of drug-likeness (QED) is 0.764. The molecule has 21 heavy (non-hydrogen) atoms. The van der Waals surface area contributed by atoms with E-state index in [0.29, 0.717) is 24.4 Å². The van der Waals surface area contributed by atoms with Gasteiger partial charge in [0.2, 0.25) is 0 Å². The van der Waals surface area contributed by atoms with E-state index in [0.717, 1.165) is 22.2 Å². The van der Waals surface area contributed by atoms with E-state index in [1.54, 1.807) is 18.6 Å². The number of nitrogen functional groups attached to an aromatic ring is 1. The van der Waals surface area contributed by atoms with Crippen LogP contribution in [0.2, 0.25) is 0 Å². The van der Waals surface area contributed by atoms with Crippen molar-refractivity contribution < 1.29 is 9.84 Å². The molecule has 3 aromatic rings. The summed E-state index contributed by atoms with van der Waals surface area (Å²) in [6.07, 6.45) is -0.101. The third kappa shape index (κ3) is 2.22. The average molecular weight is 286 g/mol. The first-order chi connectivity index (χ1) is 10.1. The highest BCUT2D eigenvalue weighted by atomic mass is 16.5. The Kier molecular flexibility index (Phi) is 3.48. The van der Waals surface area contributed by atoms with Gasteiger partial charge in [0.05, 0.1) is 17.6 Å². The van der Waals surface area contributed by atoms with Gasteiger partial charge in [0.25, 0.3) is 0 Å². The third-order valence-electron chi connectivity index (χ3n) is 3.53. The number of aromatic nitrogens is 3. The zero-order valence-corrected chi connectivity index (χ0v) is 12.1. The molecule has 3 rings (SSSR count). The van der Waals surface area contributed by atoms with E-state index in [2.05, 4.69) is 9.97 Å². The molecule has 0 aliphatic rings. The van der Waals surface area contributed by atoms with Gasteiger partial charge in [-0.1, -0.05) is 18.2 Å². The fourth-order valence-electron chi connectivity index (χ4n) is 2.64. The number of methoxy groups -OCH3 is 1. The molecule has 1 atom stereocenters. The Balaban J connectivity index is 2.38. The normalized spacial score (nSPS) is 13.1. The molecule has 0 amide bonds. The van der Waals surface area contributed by atoms with Crippen LogP contribution in [0.4, 0.5) is 5.82 Å². The molecule has 2 aromatic heterocycles. The molecule has 0 saturated carbocycles. The van der Waals surface area contributed by atoms with Crippen molar-refractivity contribution in [2.24, 2.45) is 0 Å². The maximum Gasteiger partial charge on any atom is 0.152 e. The van der Waals surface area contributed by atoms with Gasteiger partial charge < -0.3 is 20.1 Å². The van der Waals surface area contributed by atoms with E-state index in [1.165, 1.54) is 0 Å². The molecule has 1 unspecified atom stereocenters. The van der Waals surface area contributed by atoms with Gasteiger partial charge >= 0.3 is 0 Å². The number of fused-ring (bicyclic) bond motifs is 3. The van der Waals surface area contributed by atoms with E-state index in [9.17, 15) is 5.11 Å². The minimum atomic E-state index is -0.702. The van der Waals surface area contributed by atoms with Crippen LogP contribution >= 0.6 is 0 Å². The Bertz CT molecular complexity index is 795. The summed E-state index contributed by atoms with van der Waals surface area (Å²) in [5.41, 5.74) is 8.27. The third-order valence-corrected chi connectivity index (χ3v) is 3.53. The van der Waals surface area contributed by atoms with Gasteiger partial charge in [-0.05, 0) is 13.0 Å². The van der Waals surface area contributed by atoms with Crippen molar-refractivity contribution in [3.05, 3.63) is 30.1 Å². The van der Waals surface area contributed by atoms with E-state index in [1.807, 2.05) is 24.3 Å². The van der Waals surface area contributed by atoms with Crippen molar-refractivity contribution in [1.29, 1.82) is 0 Å². The molecule has 6 nitrogen and oxygen atoms in total. The predicted molar refractivity (Wildman–Crippen MR) is 82.0 cm³/mol. The minimum Gasteiger partial charge on any atom is -0.384 e. The molecule has 0 aliphatic carbocycles. The van der Waals surface area contributed by atoms with Gasteiger partial charge in [-0.25, -0.2) is 9.97 Å². The summed E-state index contributed by atoms with van der Waals surface area (Å²) < 4.78 is 6.91. The second-order valence-corrected chi connectivity index (χ2v) is 4.98. The number of hydrogen-bond donors (Lipinski definition) is 2. The number of anilines is 1. The van der Waals surface area contributed by atoms with Crippen LogP contribution in [0.1, 0.15) is 19.0 Å². The Labute approximate surface area is 122 Å². The number of para-hydroxylation sites is 1. The second-order valence-electron chi connectivity index (χ2n) is 4.98. The largest absolute Gasteiger partial charge is 0.384 e. The van der Waals surface area contributed by atoms with Crippen LogP contribution in [-0.4, -0.2) is 33.4 Å². The average Bonchev–Trinajstić information content (AvgIpc) is 2.85. The van der Waals surface area contributed by atoms with E-state index >= 15 is 0 Å². The Hall–Kier alpha value is -2.18. The lowest BCUT2D eigenvalue weighted by Gasteiger charge is -2.13. The van der Waals surface area contributed by atoms with Crippen LogP contribution in [0, 0.1) is 0 Å². The molecule has 1 aromatic carbocycles. The summed E-state index contributed by atoms with van der Waals surface area (Å²) in [4.78, 5) is 8.94. The number of pyridine rings is 1. The topological polar surface area (TPSA) is 86.2 Å². The number of benzene rings is 1. The summed E-state index contributed by atoms with van der Waals surface area (Å²) >= 11 is 0. The SMILES string of the molecule is COCCc1nc2c(N)nc3ccccc3c2n1C(C)O. The zero-order valence-electron chi connectivity index (χ0n) is 12.1. The first-order valence-corrected chi connectivity index (χ1v) is 6.85. The number of hydrogen-bond acceptors (Lipinski definition) is 5. The molecule has 0 fully saturated rings. The second kappa shape index (κ2) is 5.31. The fraction of sp³-hybridized carbons (Fsp3) is 0.333. The minimum absolute atomic E-state index is 0.377. The van der Waals surface area contributed by atoms with Crippen LogP contribution in [-0.2, 0) is 11.2 Å². The van der Waals surface area contributed by atoms with Crippen LogP contribution < -0.4 is 5.73 Å². The molecule has 0 aliphatic heterocycles. The number of ether oxygens (including phenoxy) is 1. The van der Waals surface area contributed by atoms with Crippen molar-refractivity contribution >= 4 is 27.8 Å². The zero-order chi connectivity index (χ0) is 15.0. The highest BCUT2D eigenvalue weighted by Gasteiger charge is 2.19. The number of rotatable bonds is 4. The summed E-state index contributed by atoms with van der Waals surface area (Å²) in [6.45, 7) is 2.24. The van der Waals surface area contributed by atoms with Gasteiger partial charge in [-0.3, -0.25) is 0 Å². The lowest BCUT2D eigenvalue weighted by molar-refractivity contribution is 0.123. The number of nitrogens with two attached hydrogens (primary N) is 1. The number of imidazole rings is 1. The molecule has 0 bridgehead atoms. The van der Waals surface area contributed by atoms with Gasteiger partial charge in [0.15, 0.2) is 5.82 Å². The number of aliphatic hydroxyl groups is 1. The molecule has 110 valence electrons. The molecular weight excluding hydrogens is 268 g/mol. The van der Waals surface area contributed by atoms with E-state index < -0.39 is 6.23 Å². The molecule has 6 heteroatoms. The van der Waals surface area contributed by atoms with Gasteiger partial charge in [-0.15, -0.1) is 0 Å². The maximum atomic E-state index is 10.2. The number of nitrogens with zero attached hydrogens (tertiary/aromatic N) is 3. The van der Waals surface area contributed by atoms with Crippen molar-refractivity contribution in [2.75, 3.05) is 19.5 Å². The molecule has 0 saturated heterocycles. The highest BCUT2D eigenvalue weighted by Crippen LogP contribution is 2.30. The Morgan fingerprint density at radius 3 is 2.81 bits per heavy atom. The van der Waals surface area contributed by atoms with E-state index in [4.69, 9.17) is 10.5 Å². The predicted octanol–water partition coefficient (Wildman–Crippen LogP) is 1.87. The Morgan fingerprint density at radius 1 is 1.33 bits per heavy atom. The van der Waals surface area contributed by atoms with Gasteiger partial charge in [0, 0.05) is 18.9 Å². The van der Waals surface area contributed by atoms with Gasteiger partial charge in [0.1, 0.15) is 17.6 Å². The van der Waals surface area contributed by atoms with Crippen molar-refractivity contribution in [2.45, 2.75) is 19.6 Å². The molecule has 0 spiro atoms. The van der Waals surface area contributed by atoms with Crippen LogP contribution in [0.15, 0.2) is 24.3 Å². The molecule has 0 radical (unpaired) electrons. The summed E-state index contributed by atoms with van der Waals surface area (Å²) in [5.74, 6) is 1.12. The number of aliphatic hydroxyl groups excluding tert-OH is 1. The monoisotopic (exact) mass is 286 g/mol. The lowest BCUT2D eigenvalue weighted by atomic mass is 10.2. The van der Waals surface area contributed by atoms with Crippen LogP contribution in [0.5, 0.6) is 0 Å². The van der Waals surface area contributed by atoms with Crippen molar-refractivity contribution in [3.8, 4) is 0 Å². The molecular formula is C15H18N4O2. The highest BCUT2D eigenvalue weighted by molar-refractivity contribution is 6.06. The summed E-state index contributed by atoms with van der Waals surface area (Å²) in [7, 11) is 1.64. The fourth-order valence-corrected chi connectivity index (χ4v) is 2.64.